The molecule has 23 heavy (non-hydrogen) atoms. The molecule has 1 amide bonds. The van der Waals surface area contributed by atoms with Crippen LogP contribution in [0, 0.1) is 5.92 Å². The summed E-state index contributed by atoms with van der Waals surface area (Å²) in [5, 5.41) is 5.12. The van der Waals surface area contributed by atoms with Gasteiger partial charge in [-0.05, 0) is 71.4 Å². The van der Waals surface area contributed by atoms with Gasteiger partial charge in [-0.3, -0.25) is 9.69 Å². The summed E-state index contributed by atoms with van der Waals surface area (Å²) in [6.45, 7) is 5.10. The summed E-state index contributed by atoms with van der Waals surface area (Å²) in [6, 6.07) is 7.89. The van der Waals surface area contributed by atoms with Gasteiger partial charge < -0.3 is 9.73 Å². The van der Waals surface area contributed by atoms with Crippen molar-refractivity contribution in [3.8, 4) is 0 Å². The number of carbonyl (C=O) groups is 1. The Bertz CT molecular complexity index is 633. The van der Waals surface area contributed by atoms with Crippen molar-refractivity contribution >= 4 is 33.2 Å². The molecule has 0 saturated carbocycles. The highest BCUT2D eigenvalue weighted by atomic mass is 79.9. The van der Waals surface area contributed by atoms with E-state index in [2.05, 4.69) is 50.6 Å². The third-order valence-corrected chi connectivity index (χ3v) is 5.78. The van der Waals surface area contributed by atoms with E-state index in [0.29, 0.717) is 17.0 Å². The van der Waals surface area contributed by atoms with E-state index in [0.717, 1.165) is 19.0 Å². The van der Waals surface area contributed by atoms with Crippen LogP contribution in [-0.4, -0.2) is 30.4 Å². The lowest BCUT2D eigenvalue weighted by Gasteiger charge is -2.36. The minimum atomic E-state index is -0.164. The van der Waals surface area contributed by atoms with Gasteiger partial charge in [0.2, 0.25) is 0 Å². The molecule has 0 aromatic carbocycles. The smallest absolute Gasteiger partial charge is 0.287 e. The Morgan fingerprint density at radius 3 is 2.83 bits per heavy atom. The van der Waals surface area contributed by atoms with Crippen molar-refractivity contribution in [1.29, 1.82) is 0 Å². The van der Waals surface area contributed by atoms with Crippen LogP contribution in [0.25, 0.3) is 0 Å². The van der Waals surface area contributed by atoms with Crippen LogP contribution in [0.1, 0.15) is 41.2 Å². The van der Waals surface area contributed by atoms with Crippen LogP contribution >= 0.6 is 27.3 Å². The van der Waals surface area contributed by atoms with Crippen LogP contribution in [0.5, 0.6) is 0 Å². The van der Waals surface area contributed by atoms with Crippen molar-refractivity contribution in [3.63, 3.8) is 0 Å². The fourth-order valence-corrected chi connectivity index (χ4v) is 4.11. The van der Waals surface area contributed by atoms with Crippen LogP contribution in [0.15, 0.2) is 38.7 Å². The molecular formula is C17H21BrN2O2S. The van der Waals surface area contributed by atoms with Gasteiger partial charge in [-0.15, -0.1) is 11.3 Å². The molecule has 4 nitrogen and oxygen atoms in total. The number of hydrogen-bond acceptors (Lipinski definition) is 4. The topological polar surface area (TPSA) is 45.5 Å². The Morgan fingerprint density at radius 2 is 2.22 bits per heavy atom. The number of nitrogens with one attached hydrogen (secondary N) is 1. The Balaban J connectivity index is 1.66. The Hall–Kier alpha value is -1.11. The number of furan rings is 1. The molecule has 124 valence electrons. The zero-order valence-corrected chi connectivity index (χ0v) is 15.5. The first-order chi connectivity index (χ1) is 11.1. The lowest BCUT2D eigenvalue weighted by molar-refractivity contribution is 0.0887. The van der Waals surface area contributed by atoms with Crippen molar-refractivity contribution < 1.29 is 9.21 Å². The van der Waals surface area contributed by atoms with Crippen molar-refractivity contribution in [1.82, 2.24) is 10.2 Å². The standard InChI is InChI=1S/C17H21BrN2O2S/c1-12-6-8-20(9-7-12)13(15-3-2-10-23-15)11-19-17(21)14-4-5-16(18)22-14/h2-5,10,12-13H,6-9,11H2,1H3,(H,19,21). The summed E-state index contributed by atoms with van der Waals surface area (Å²) in [4.78, 5) is 16.0. The summed E-state index contributed by atoms with van der Waals surface area (Å²) in [6.07, 6.45) is 2.45. The average molecular weight is 397 g/mol. The van der Waals surface area contributed by atoms with Gasteiger partial charge in [-0.2, -0.15) is 0 Å². The van der Waals surface area contributed by atoms with Gasteiger partial charge in [0, 0.05) is 11.4 Å². The third-order valence-electron chi connectivity index (χ3n) is 4.38. The van der Waals surface area contributed by atoms with Gasteiger partial charge in [0.1, 0.15) is 0 Å². The third kappa shape index (κ3) is 4.25. The molecule has 1 saturated heterocycles. The van der Waals surface area contributed by atoms with Gasteiger partial charge in [-0.25, -0.2) is 0 Å². The molecule has 3 rings (SSSR count). The number of halogens is 1. The monoisotopic (exact) mass is 396 g/mol. The van der Waals surface area contributed by atoms with E-state index in [9.17, 15) is 4.79 Å². The van der Waals surface area contributed by atoms with E-state index in [1.54, 1.807) is 23.5 Å². The molecule has 1 aliphatic heterocycles. The predicted molar refractivity (Wildman–Crippen MR) is 95.8 cm³/mol. The lowest BCUT2D eigenvalue weighted by atomic mass is 9.97. The van der Waals surface area contributed by atoms with Crippen LogP contribution in [0.4, 0.5) is 0 Å². The van der Waals surface area contributed by atoms with E-state index in [-0.39, 0.29) is 11.9 Å². The number of thiophene rings is 1. The van der Waals surface area contributed by atoms with E-state index < -0.39 is 0 Å². The summed E-state index contributed by atoms with van der Waals surface area (Å²) in [5.41, 5.74) is 0. The normalized spacial score (nSPS) is 18.0. The molecule has 1 aliphatic rings. The van der Waals surface area contributed by atoms with Crippen LogP contribution in [0.3, 0.4) is 0 Å². The fourth-order valence-electron chi connectivity index (χ4n) is 2.94. The molecule has 6 heteroatoms. The maximum absolute atomic E-state index is 12.2. The number of hydrogen-bond donors (Lipinski definition) is 1. The zero-order chi connectivity index (χ0) is 16.2. The summed E-state index contributed by atoms with van der Waals surface area (Å²) in [5.74, 6) is 0.974. The van der Waals surface area contributed by atoms with Crippen LogP contribution in [0.2, 0.25) is 0 Å². The van der Waals surface area contributed by atoms with Gasteiger partial charge >= 0.3 is 0 Å². The molecular weight excluding hydrogens is 376 g/mol. The maximum atomic E-state index is 12.2. The summed E-state index contributed by atoms with van der Waals surface area (Å²) < 4.78 is 5.89. The maximum Gasteiger partial charge on any atom is 0.287 e. The van der Waals surface area contributed by atoms with Crippen molar-refractivity contribution in [3.05, 3.63) is 45.0 Å². The molecule has 0 radical (unpaired) electrons. The van der Waals surface area contributed by atoms with E-state index in [1.807, 2.05) is 0 Å². The highest BCUT2D eigenvalue weighted by Gasteiger charge is 2.26. The molecule has 1 unspecified atom stereocenters. The minimum Gasteiger partial charge on any atom is -0.444 e. The first-order valence-electron chi connectivity index (χ1n) is 7.94. The minimum absolute atomic E-state index is 0.164. The first kappa shape index (κ1) is 16.7. The second kappa shape index (κ2) is 7.64. The SMILES string of the molecule is CC1CCN(C(CNC(=O)c2ccc(Br)o2)c2cccs2)CC1. The number of rotatable bonds is 5. The van der Waals surface area contributed by atoms with Crippen LogP contribution in [-0.2, 0) is 0 Å². The lowest BCUT2D eigenvalue weighted by Crippen LogP contribution is -2.41. The molecule has 1 N–H and O–H groups in total. The Morgan fingerprint density at radius 1 is 1.43 bits per heavy atom. The number of likely N-dealkylation sites (tertiary alicyclic amines) is 1. The molecule has 1 atom stereocenters. The molecule has 0 aliphatic carbocycles. The van der Waals surface area contributed by atoms with Gasteiger partial charge in [0.25, 0.3) is 5.91 Å². The van der Waals surface area contributed by atoms with Crippen LogP contribution < -0.4 is 5.32 Å². The van der Waals surface area contributed by atoms with E-state index >= 15 is 0 Å². The molecule has 2 aromatic heterocycles. The zero-order valence-electron chi connectivity index (χ0n) is 13.1. The van der Waals surface area contributed by atoms with Crippen molar-refractivity contribution in [2.24, 2.45) is 5.92 Å². The number of carbonyl (C=O) groups excluding carboxylic acids is 1. The molecule has 0 spiro atoms. The van der Waals surface area contributed by atoms with Crippen molar-refractivity contribution in [2.45, 2.75) is 25.8 Å². The Kier molecular flexibility index (Phi) is 5.56. The average Bonchev–Trinajstić information content (AvgIpc) is 3.21. The summed E-state index contributed by atoms with van der Waals surface area (Å²) in [7, 11) is 0. The quantitative estimate of drug-likeness (QED) is 0.818. The number of nitrogens with zero attached hydrogens (tertiary/aromatic N) is 1. The van der Waals surface area contributed by atoms with Crippen molar-refractivity contribution in [2.75, 3.05) is 19.6 Å². The Labute approximate surface area is 149 Å². The van der Waals surface area contributed by atoms with Gasteiger partial charge in [0.15, 0.2) is 10.4 Å². The summed E-state index contributed by atoms with van der Waals surface area (Å²) >= 11 is 4.98. The first-order valence-corrected chi connectivity index (χ1v) is 9.61. The fraction of sp³-hybridized carbons (Fsp3) is 0.471. The molecule has 2 aromatic rings. The number of amides is 1. The highest BCUT2D eigenvalue weighted by Crippen LogP contribution is 2.29. The second-order valence-electron chi connectivity index (χ2n) is 6.06. The number of piperidine rings is 1. The van der Waals surface area contributed by atoms with E-state index in [4.69, 9.17) is 4.42 Å². The molecule has 3 heterocycles. The van der Waals surface area contributed by atoms with Gasteiger partial charge in [-0.1, -0.05) is 13.0 Å². The second-order valence-corrected chi connectivity index (χ2v) is 7.82. The molecule has 0 bridgehead atoms. The van der Waals surface area contributed by atoms with E-state index in [1.165, 1.54) is 17.7 Å². The largest absolute Gasteiger partial charge is 0.444 e. The highest BCUT2D eigenvalue weighted by molar-refractivity contribution is 9.10. The molecule has 1 fully saturated rings. The van der Waals surface area contributed by atoms with Gasteiger partial charge in [0.05, 0.1) is 6.04 Å². The predicted octanol–water partition coefficient (Wildman–Crippen LogP) is 4.31.